The quantitative estimate of drug-likeness (QED) is 0.740. The van der Waals surface area contributed by atoms with Gasteiger partial charge in [0, 0.05) is 18.7 Å². The standard InChI is InChI=1S/C11H19N3/c1-7(2)10-6-5-9-8(3)13-14(4)11(9)12-10/h7,10,12H,5-6H2,1-4H3/t10-/m1/s1. The summed E-state index contributed by atoms with van der Waals surface area (Å²) < 4.78 is 1.97. The summed E-state index contributed by atoms with van der Waals surface area (Å²) in [5, 5.41) is 8.03. The zero-order chi connectivity index (χ0) is 10.3. The van der Waals surface area contributed by atoms with E-state index < -0.39 is 0 Å². The van der Waals surface area contributed by atoms with Crippen LogP contribution in [0.25, 0.3) is 0 Å². The van der Waals surface area contributed by atoms with E-state index >= 15 is 0 Å². The Morgan fingerprint density at radius 3 is 2.86 bits per heavy atom. The van der Waals surface area contributed by atoms with E-state index in [9.17, 15) is 0 Å². The molecule has 0 radical (unpaired) electrons. The monoisotopic (exact) mass is 193 g/mol. The van der Waals surface area contributed by atoms with Crippen LogP contribution in [0.3, 0.4) is 0 Å². The third-order valence-electron chi connectivity index (χ3n) is 3.18. The largest absolute Gasteiger partial charge is 0.367 e. The summed E-state index contributed by atoms with van der Waals surface area (Å²) in [5.74, 6) is 1.92. The number of rotatable bonds is 1. The fourth-order valence-electron chi connectivity index (χ4n) is 2.23. The van der Waals surface area contributed by atoms with Gasteiger partial charge in [0.05, 0.1) is 5.69 Å². The molecule has 3 heteroatoms. The first-order chi connectivity index (χ1) is 6.59. The highest BCUT2D eigenvalue weighted by atomic mass is 15.3. The number of hydrogen-bond donors (Lipinski definition) is 1. The smallest absolute Gasteiger partial charge is 0.127 e. The van der Waals surface area contributed by atoms with Crippen molar-refractivity contribution >= 4 is 5.82 Å². The molecule has 1 aliphatic heterocycles. The molecule has 2 heterocycles. The van der Waals surface area contributed by atoms with Gasteiger partial charge >= 0.3 is 0 Å². The minimum atomic E-state index is 0.609. The van der Waals surface area contributed by atoms with E-state index in [0.717, 1.165) is 0 Å². The number of nitrogens with one attached hydrogen (secondary N) is 1. The van der Waals surface area contributed by atoms with Crippen molar-refractivity contribution in [2.75, 3.05) is 5.32 Å². The lowest BCUT2D eigenvalue weighted by molar-refractivity contribution is 0.478. The first-order valence-electron chi connectivity index (χ1n) is 5.38. The molecule has 1 aromatic heterocycles. The summed E-state index contributed by atoms with van der Waals surface area (Å²) in [6.45, 7) is 6.63. The van der Waals surface area contributed by atoms with Crippen LogP contribution in [0.2, 0.25) is 0 Å². The van der Waals surface area contributed by atoms with Crippen LogP contribution < -0.4 is 5.32 Å². The Balaban J connectivity index is 2.30. The van der Waals surface area contributed by atoms with Crippen LogP contribution in [-0.2, 0) is 13.5 Å². The minimum Gasteiger partial charge on any atom is -0.367 e. The lowest BCUT2D eigenvalue weighted by atomic mass is 9.93. The maximum absolute atomic E-state index is 4.44. The summed E-state index contributed by atoms with van der Waals surface area (Å²) >= 11 is 0. The summed E-state index contributed by atoms with van der Waals surface area (Å²) in [4.78, 5) is 0. The van der Waals surface area contributed by atoms with Crippen molar-refractivity contribution in [1.29, 1.82) is 0 Å². The van der Waals surface area contributed by atoms with Crippen molar-refractivity contribution < 1.29 is 0 Å². The van der Waals surface area contributed by atoms with Gasteiger partial charge in [0.15, 0.2) is 0 Å². The van der Waals surface area contributed by atoms with Crippen molar-refractivity contribution in [1.82, 2.24) is 9.78 Å². The molecular formula is C11H19N3. The van der Waals surface area contributed by atoms with Crippen molar-refractivity contribution in [2.24, 2.45) is 13.0 Å². The molecule has 0 fully saturated rings. The van der Waals surface area contributed by atoms with Gasteiger partial charge in [0.2, 0.25) is 0 Å². The summed E-state index contributed by atoms with van der Waals surface area (Å²) in [5.41, 5.74) is 2.58. The van der Waals surface area contributed by atoms with Crippen molar-refractivity contribution in [3.05, 3.63) is 11.3 Å². The molecule has 0 aromatic carbocycles. The Morgan fingerprint density at radius 1 is 1.50 bits per heavy atom. The number of aromatic nitrogens is 2. The molecule has 0 bridgehead atoms. The Morgan fingerprint density at radius 2 is 2.21 bits per heavy atom. The topological polar surface area (TPSA) is 29.9 Å². The number of nitrogens with zero attached hydrogens (tertiary/aromatic N) is 2. The lowest BCUT2D eigenvalue weighted by Crippen LogP contribution is -2.31. The second-order valence-electron chi connectivity index (χ2n) is 4.57. The lowest BCUT2D eigenvalue weighted by Gasteiger charge is -2.28. The van der Waals surface area contributed by atoms with Gasteiger partial charge in [-0.1, -0.05) is 13.8 Å². The Bertz CT molecular complexity index is 339. The number of aryl methyl sites for hydroxylation is 2. The molecule has 0 unspecified atom stereocenters. The molecule has 0 spiro atoms. The maximum atomic E-state index is 4.44. The fourth-order valence-corrected chi connectivity index (χ4v) is 2.23. The normalized spacial score (nSPS) is 20.8. The van der Waals surface area contributed by atoms with Crippen LogP contribution in [0.4, 0.5) is 5.82 Å². The van der Waals surface area contributed by atoms with Gasteiger partial charge in [-0.15, -0.1) is 0 Å². The van der Waals surface area contributed by atoms with Gasteiger partial charge in [-0.2, -0.15) is 5.10 Å². The molecule has 0 aliphatic carbocycles. The molecule has 1 atom stereocenters. The molecule has 0 saturated heterocycles. The van der Waals surface area contributed by atoms with Crippen LogP contribution in [0.15, 0.2) is 0 Å². The van der Waals surface area contributed by atoms with E-state index in [0.29, 0.717) is 12.0 Å². The molecule has 14 heavy (non-hydrogen) atoms. The summed E-state index contributed by atoms with van der Waals surface area (Å²) in [6, 6.07) is 0.609. The average Bonchev–Trinajstić information content (AvgIpc) is 2.42. The van der Waals surface area contributed by atoms with Crippen LogP contribution in [0.1, 0.15) is 31.5 Å². The van der Waals surface area contributed by atoms with E-state index in [1.54, 1.807) is 0 Å². The Hall–Kier alpha value is -0.990. The molecular weight excluding hydrogens is 174 g/mol. The van der Waals surface area contributed by atoms with E-state index in [4.69, 9.17) is 0 Å². The second kappa shape index (κ2) is 3.30. The summed E-state index contributed by atoms with van der Waals surface area (Å²) in [6.07, 6.45) is 2.40. The number of fused-ring (bicyclic) bond motifs is 1. The van der Waals surface area contributed by atoms with Crippen LogP contribution in [0.5, 0.6) is 0 Å². The van der Waals surface area contributed by atoms with E-state index in [-0.39, 0.29) is 0 Å². The van der Waals surface area contributed by atoms with Gasteiger partial charge in [-0.25, -0.2) is 0 Å². The predicted octanol–water partition coefficient (Wildman–Crippen LogP) is 2.11. The van der Waals surface area contributed by atoms with E-state index in [1.807, 2.05) is 11.7 Å². The molecule has 0 amide bonds. The Kier molecular flexibility index (Phi) is 2.25. The molecule has 0 saturated carbocycles. The molecule has 1 aromatic rings. The van der Waals surface area contributed by atoms with Crippen LogP contribution in [-0.4, -0.2) is 15.8 Å². The molecule has 1 N–H and O–H groups in total. The second-order valence-corrected chi connectivity index (χ2v) is 4.57. The molecule has 3 nitrogen and oxygen atoms in total. The fraction of sp³-hybridized carbons (Fsp3) is 0.727. The highest BCUT2D eigenvalue weighted by Gasteiger charge is 2.24. The predicted molar refractivity (Wildman–Crippen MR) is 58.5 cm³/mol. The van der Waals surface area contributed by atoms with Crippen molar-refractivity contribution in [3.63, 3.8) is 0 Å². The molecule has 2 rings (SSSR count). The highest BCUT2D eigenvalue weighted by Crippen LogP contribution is 2.29. The van der Waals surface area contributed by atoms with Gasteiger partial charge < -0.3 is 5.32 Å². The highest BCUT2D eigenvalue weighted by molar-refractivity contribution is 5.50. The third kappa shape index (κ3) is 1.41. The van der Waals surface area contributed by atoms with Gasteiger partial charge in [-0.05, 0) is 25.7 Å². The van der Waals surface area contributed by atoms with Crippen LogP contribution in [0, 0.1) is 12.8 Å². The third-order valence-corrected chi connectivity index (χ3v) is 3.18. The van der Waals surface area contributed by atoms with Gasteiger partial charge in [0.25, 0.3) is 0 Å². The van der Waals surface area contributed by atoms with Gasteiger partial charge in [0.1, 0.15) is 5.82 Å². The Labute approximate surface area is 85.5 Å². The van der Waals surface area contributed by atoms with E-state index in [2.05, 4.69) is 31.2 Å². The minimum absolute atomic E-state index is 0.609. The van der Waals surface area contributed by atoms with Gasteiger partial charge in [-0.3, -0.25) is 4.68 Å². The van der Waals surface area contributed by atoms with Crippen molar-refractivity contribution in [3.8, 4) is 0 Å². The number of hydrogen-bond acceptors (Lipinski definition) is 2. The van der Waals surface area contributed by atoms with E-state index in [1.165, 1.54) is 29.9 Å². The number of anilines is 1. The first-order valence-corrected chi connectivity index (χ1v) is 5.38. The zero-order valence-corrected chi connectivity index (χ0v) is 9.46. The summed E-state index contributed by atoms with van der Waals surface area (Å²) in [7, 11) is 2.02. The SMILES string of the molecule is Cc1nn(C)c2c1CC[C@H](C(C)C)N2. The first kappa shape index (κ1) is 9.56. The van der Waals surface area contributed by atoms with Crippen molar-refractivity contribution in [2.45, 2.75) is 39.7 Å². The molecule has 1 aliphatic rings. The zero-order valence-electron chi connectivity index (χ0n) is 9.46. The van der Waals surface area contributed by atoms with Crippen LogP contribution >= 0.6 is 0 Å². The average molecular weight is 193 g/mol. The maximum Gasteiger partial charge on any atom is 0.127 e. The molecule has 78 valence electrons.